The first-order valence-corrected chi connectivity index (χ1v) is 5.44. The lowest BCUT2D eigenvalue weighted by molar-refractivity contribution is 0.475. The van der Waals surface area contributed by atoms with Gasteiger partial charge in [0.2, 0.25) is 0 Å². The van der Waals surface area contributed by atoms with Gasteiger partial charge in [-0.05, 0) is 29.3 Å². The molecular formula is C13H15N3O. The Balaban J connectivity index is 2.07. The molecular weight excluding hydrogens is 214 g/mol. The molecule has 1 heterocycles. The molecule has 0 aliphatic rings. The summed E-state index contributed by atoms with van der Waals surface area (Å²) in [6, 6.07) is 8.97. The maximum atomic E-state index is 9.34. The normalized spacial score (nSPS) is 10.2. The smallest absolute Gasteiger partial charge is 0.117 e. The Labute approximate surface area is 100 Å². The van der Waals surface area contributed by atoms with E-state index >= 15 is 0 Å². The van der Waals surface area contributed by atoms with Gasteiger partial charge in [0, 0.05) is 37.2 Å². The van der Waals surface area contributed by atoms with Crippen LogP contribution in [0.2, 0.25) is 0 Å². The maximum Gasteiger partial charge on any atom is 0.117 e. The van der Waals surface area contributed by atoms with Gasteiger partial charge in [-0.1, -0.05) is 6.07 Å². The number of phenolic OH excluding ortho intramolecular Hbond substituents is 1. The number of anilines is 1. The number of phenols is 1. The molecule has 0 fully saturated rings. The van der Waals surface area contributed by atoms with Gasteiger partial charge in [0.25, 0.3) is 0 Å². The van der Waals surface area contributed by atoms with Gasteiger partial charge in [0.1, 0.15) is 5.75 Å². The van der Waals surface area contributed by atoms with Crippen molar-refractivity contribution in [3.63, 3.8) is 0 Å². The van der Waals surface area contributed by atoms with E-state index in [0.29, 0.717) is 13.1 Å². The van der Waals surface area contributed by atoms with E-state index in [-0.39, 0.29) is 5.75 Å². The number of aromatic nitrogens is 1. The Morgan fingerprint density at radius 3 is 2.88 bits per heavy atom. The van der Waals surface area contributed by atoms with Crippen LogP contribution in [0.25, 0.3) is 0 Å². The van der Waals surface area contributed by atoms with Gasteiger partial charge < -0.3 is 16.2 Å². The zero-order valence-electron chi connectivity index (χ0n) is 9.43. The van der Waals surface area contributed by atoms with Crippen LogP contribution < -0.4 is 11.1 Å². The van der Waals surface area contributed by atoms with Crippen LogP contribution in [0.5, 0.6) is 5.75 Å². The van der Waals surface area contributed by atoms with E-state index in [1.165, 1.54) is 0 Å². The minimum atomic E-state index is 0.253. The van der Waals surface area contributed by atoms with Crippen molar-refractivity contribution in [2.24, 2.45) is 5.73 Å². The molecule has 0 atom stereocenters. The molecule has 2 aromatic rings. The summed E-state index contributed by atoms with van der Waals surface area (Å²) in [7, 11) is 0. The maximum absolute atomic E-state index is 9.34. The van der Waals surface area contributed by atoms with Crippen molar-refractivity contribution in [1.82, 2.24) is 4.98 Å². The Morgan fingerprint density at radius 1 is 1.24 bits per heavy atom. The fraction of sp³-hybridized carbons (Fsp3) is 0.154. The van der Waals surface area contributed by atoms with E-state index in [1.807, 2.05) is 12.1 Å². The highest BCUT2D eigenvalue weighted by molar-refractivity contribution is 5.48. The van der Waals surface area contributed by atoms with Gasteiger partial charge in [-0.2, -0.15) is 0 Å². The SMILES string of the molecule is NCc1cnccc1CNc1cccc(O)c1. The fourth-order valence-electron chi connectivity index (χ4n) is 1.63. The van der Waals surface area contributed by atoms with Gasteiger partial charge >= 0.3 is 0 Å². The van der Waals surface area contributed by atoms with Crippen molar-refractivity contribution < 1.29 is 5.11 Å². The number of hydrogen-bond donors (Lipinski definition) is 3. The summed E-state index contributed by atoms with van der Waals surface area (Å²) in [5.41, 5.74) is 8.66. The minimum absolute atomic E-state index is 0.253. The summed E-state index contributed by atoms with van der Waals surface area (Å²) in [6.45, 7) is 1.14. The summed E-state index contributed by atoms with van der Waals surface area (Å²) < 4.78 is 0. The number of benzene rings is 1. The molecule has 88 valence electrons. The molecule has 0 saturated carbocycles. The fourth-order valence-corrected chi connectivity index (χ4v) is 1.63. The summed E-state index contributed by atoms with van der Waals surface area (Å²) in [5, 5.41) is 12.6. The van der Waals surface area contributed by atoms with Crippen molar-refractivity contribution in [1.29, 1.82) is 0 Å². The lowest BCUT2D eigenvalue weighted by atomic mass is 10.1. The van der Waals surface area contributed by atoms with Crippen LogP contribution in [-0.4, -0.2) is 10.1 Å². The van der Waals surface area contributed by atoms with Crippen molar-refractivity contribution in [3.8, 4) is 5.75 Å². The van der Waals surface area contributed by atoms with Crippen LogP contribution in [0.3, 0.4) is 0 Å². The van der Waals surface area contributed by atoms with E-state index in [9.17, 15) is 5.11 Å². The third-order valence-corrected chi connectivity index (χ3v) is 2.55. The summed E-state index contributed by atoms with van der Waals surface area (Å²) in [4.78, 5) is 4.04. The van der Waals surface area contributed by atoms with E-state index in [0.717, 1.165) is 16.8 Å². The summed E-state index contributed by atoms with van der Waals surface area (Å²) in [6.07, 6.45) is 3.53. The van der Waals surface area contributed by atoms with E-state index in [4.69, 9.17) is 5.73 Å². The van der Waals surface area contributed by atoms with Gasteiger partial charge in [0.15, 0.2) is 0 Å². The molecule has 2 rings (SSSR count). The molecule has 0 aliphatic carbocycles. The van der Waals surface area contributed by atoms with Crippen LogP contribution >= 0.6 is 0 Å². The lowest BCUT2D eigenvalue weighted by Crippen LogP contribution is -2.06. The molecule has 17 heavy (non-hydrogen) atoms. The predicted molar refractivity (Wildman–Crippen MR) is 67.6 cm³/mol. The molecule has 4 nitrogen and oxygen atoms in total. The largest absolute Gasteiger partial charge is 0.508 e. The minimum Gasteiger partial charge on any atom is -0.508 e. The highest BCUT2D eigenvalue weighted by Crippen LogP contribution is 2.16. The van der Waals surface area contributed by atoms with Gasteiger partial charge in [0.05, 0.1) is 0 Å². The molecule has 4 heteroatoms. The van der Waals surface area contributed by atoms with Crippen molar-refractivity contribution in [2.45, 2.75) is 13.1 Å². The van der Waals surface area contributed by atoms with E-state index < -0.39 is 0 Å². The quantitative estimate of drug-likeness (QED) is 0.748. The average Bonchev–Trinajstić information content (AvgIpc) is 2.37. The number of nitrogens with one attached hydrogen (secondary N) is 1. The zero-order chi connectivity index (χ0) is 12.1. The monoisotopic (exact) mass is 229 g/mol. The van der Waals surface area contributed by atoms with Crippen molar-refractivity contribution >= 4 is 5.69 Å². The first-order chi connectivity index (χ1) is 8.29. The third-order valence-electron chi connectivity index (χ3n) is 2.55. The second-order valence-electron chi connectivity index (χ2n) is 3.75. The molecule has 0 aliphatic heterocycles. The van der Waals surface area contributed by atoms with Crippen LogP contribution in [0.1, 0.15) is 11.1 Å². The second-order valence-corrected chi connectivity index (χ2v) is 3.75. The van der Waals surface area contributed by atoms with Crippen molar-refractivity contribution in [2.75, 3.05) is 5.32 Å². The molecule has 0 unspecified atom stereocenters. The molecule has 4 N–H and O–H groups in total. The van der Waals surface area contributed by atoms with E-state index in [1.54, 1.807) is 30.6 Å². The molecule has 1 aromatic heterocycles. The topological polar surface area (TPSA) is 71.2 Å². The average molecular weight is 229 g/mol. The number of aromatic hydroxyl groups is 1. The van der Waals surface area contributed by atoms with Gasteiger partial charge in [-0.3, -0.25) is 4.98 Å². The van der Waals surface area contributed by atoms with Crippen LogP contribution in [0.15, 0.2) is 42.7 Å². The Morgan fingerprint density at radius 2 is 2.12 bits per heavy atom. The zero-order valence-corrected chi connectivity index (χ0v) is 9.43. The van der Waals surface area contributed by atoms with Crippen LogP contribution in [0.4, 0.5) is 5.69 Å². The van der Waals surface area contributed by atoms with Gasteiger partial charge in [-0.25, -0.2) is 0 Å². The number of nitrogens with two attached hydrogens (primary N) is 1. The van der Waals surface area contributed by atoms with E-state index in [2.05, 4.69) is 10.3 Å². The van der Waals surface area contributed by atoms with Crippen LogP contribution in [0, 0.1) is 0 Å². The Kier molecular flexibility index (Phi) is 3.57. The first kappa shape index (κ1) is 11.4. The predicted octanol–water partition coefficient (Wildman–Crippen LogP) is 1.86. The molecule has 1 aromatic carbocycles. The van der Waals surface area contributed by atoms with Crippen LogP contribution in [-0.2, 0) is 13.1 Å². The lowest BCUT2D eigenvalue weighted by Gasteiger charge is -2.09. The number of nitrogens with zero attached hydrogens (tertiary/aromatic N) is 1. The number of hydrogen-bond acceptors (Lipinski definition) is 4. The highest BCUT2D eigenvalue weighted by atomic mass is 16.3. The number of pyridine rings is 1. The number of rotatable bonds is 4. The standard InChI is InChI=1S/C13H15N3O/c14-7-11-8-15-5-4-10(11)9-16-12-2-1-3-13(17)6-12/h1-6,8,16-17H,7,9,14H2. The first-order valence-electron chi connectivity index (χ1n) is 5.44. The van der Waals surface area contributed by atoms with Gasteiger partial charge in [-0.15, -0.1) is 0 Å². The summed E-state index contributed by atoms with van der Waals surface area (Å²) >= 11 is 0. The molecule has 0 bridgehead atoms. The van der Waals surface area contributed by atoms with Crippen molar-refractivity contribution in [3.05, 3.63) is 53.9 Å². The summed E-state index contributed by atoms with van der Waals surface area (Å²) in [5.74, 6) is 0.253. The Bertz CT molecular complexity index is 500. The third kappa shape index (κ3) is 2.95. The molecule has 0 amide bonds. The second kappa shape index (κ2) is 5.32. The highest BCUT2D eigenvalue weighted by Gasteiger charge is 2.00. The molecule has 0 spiro atoms. The Hall–Kier alpha value is -2.07. The molecule has 0 radical (unpaired) electrons. The molecule has 0 saturated heterocycles.